The number of rotatable bonds is 5. The van der Waals surface area contributed by atoms with Crippen molar-refractivity contribution in [3.63, 3.8) is 0 Å². The number of H-pyrrole nitrogens is 1. The number of fused-ring (bicyclic) bond motifs is 1. The fourth-order valence-corrected chi connectivity index (χ4v) is 3.84. The Balaban J connectivity index is 1.75. The number of methoxy groups -OCH3 is 1. The molecule has 0 bridgehead atoms. The van der Waals surface area contributed by atoms with Gasteiger partial charge in [0, 0.05) is 21.8 Å². The van der Waals surface area contributed by atoms with E-state index >= 15 is 0 Å². The third-order valence-corrected chi connectivity index (χ3v) is 5.22. The van der Waals surface area contributed by atoms with Crippen LogP contribution in [0.15, 0.2) is 18.2 Å². The molecule has 1 fully saturated rings. The van der Waals surface area contributed by atoms with Gasteiger partial charge >= 0.3 is 5.97 Å². The average molecular weight is 379 g/mol. The van der Waals surface area contributed by atoms with Crippen molar-refractivity contribution >= 4 is 40.1 Å². The van der Waals surface area contributed by atoms with Crippen molar-refractivity contribution < 1.29 is 19.2 Å². The largest absolute Gasteiger partial charge is 0.464 e. The maximum Gasteiger partial charge on any atom is 0.356 e. The summed E-state index contributed by atoms with van der Waals surface area (Å²) in [6.45, 7) is 5.29. The number of anilines is 1. The summed E-state index contributed by atoms with van der Waals surface area (Å²) in [5, 5.41) is 4.12. The zero-order chi connectivity index (χ0) is 18.7. The van der Waals surface area contributed by atoms with E-state index in [1.807, 2.05) is 0 Å². The van der Waals surface area contributed by atoms with Gasteiger partial charge in [0.15, 0.2) is 0 Å². The van der Waals surface area contributed by atoms with Gasteiger partial charge in [0.2, 0.25) is 5.91 Å². The lowest BCUT2D eigenvalue weighted by Crippen LogP contribution is -3.13. The summed E-state index contributed by atoms with van der Waals surface area (Å²) < 4.78 is 4.83. The number of halogens is 1. The molecule has 2 atom stereocenters. The first-order valence-electron chi connectivity index (χ1n) is 9.01. The van der Waals surface area contributed by atoms with Crippen LogP contribution < -0.4 is 10.2 Å². The Morgan fingerprint density at radius 2 is 2.23 bits per heavy atom. The minimum atomic E-state index is -0.525. The van der Waals surface area contributed by atoms with Crippen LogP contribution in [-0.4, -0.2) is 43.6 Å². The summed E-state index contributed by atoms with van der Waals surface area (Å²) in [7, 11) is 1.31. The van der Waals surface area contributed by atoms with Gasteiger partial charge in [-0.15, -0.1) is 0 Å². The number of aromatic amines is 1. The predicted molar refractivity (Wildman–Crippen MR) is 102 cm³/mol. The molecule has 140 valence electrons. The summed E-state index contributed by atoms with van der Waals surface area (Å²) >= 11 is 6.08. The van der Waals surface area contributed by atoms with Crippen LogP contribution in [0.4, 0.5) is 5.69 Å². The molecular weight excluding hydrogens is 354 g/mol. The Morgan fingerprint density at radius 3 is 2.96 bits per heavy atom. The highest BCUT2D eigenvalue weighted by atomic mass is 35.5. The van der Waals surface area contributed by atoms with Gasteiger partial charge in [-0.05, 0) is 31.0 Å². The standard InChI is InChI=1S/C19H24ClN3O3/c1-12-4-3-8-23(11-12)9-7-16(24)22-17-14-10-13(20)5-6-15(14)21-18(17)19(25)26-2/h5-6,10,12,21H,3-4,7-9,11H2,1-2H3,(H,22,24)/p+1/t12-/m1/s1. The quantitative estimate of drug-likeness (QED) is 0.698. The van der Waals surface area contributed by atoms with Crippen molar-refractivity contribution in [2.24, 2.45) is 5.92 Å². The van der Waals surface area contributed by atoms with E-state index in [0.29, 0.717) is 28.4 Å². The highest BCUT2D eigenvalue weighted by Gasteiger charge is 2.23. The molecular formula is C19H25ClN3O3+. The van der Waals surface area contributed by atoms with E-state index in [0.717, 1.165) is 25.2 Å². The zero-order valence-corrected chi connectivity index (χ0v) is 15.9. The average Bonchev–Trinajstić information content (AvgIpc) is 2.97. The van der Waals surface area contributed by atoms with Crippen LogP contribution in [-0.2, 0) is 9.53 Å². The summed E-state index contributed by atoms with van der Waals surface area (Å²) in [6.07, 6.45) is 2.90. The molecule has 1 unspecified atom stereocenters. The number of carbonyl (C=O) groups excluding carboxylic acids is 2. The van der Waals surface area contributed by atoms with Gasteiger partial charge < -0.3 is 19.9 Å². The van der Waals surface area contributed by atoms with Crippen LogP contribution in [0.25, 0.3) is 10.9 Å². The van der Waals surface area contributed by atoms with Crippen molar-refractivity contribution in [3.05, 3.63) is 28.9 Å². The highest BCUT2D eigenvalue weighted by molar-refractivity contribution is 6.31. The number of quaternary nitrogens is 1. The number of piperidine rings is 1. The number of esters is 1. The van der Waals surface area contributed by atoms with Crippen molar-refractivity contribution in [2.45, 2.75) is 26.2 Å². The highest BCUT2D eigenvalue weighted by Crippen LogP contribution is 2.30. The maximum atomic E-state index is 12.5. The van der Waals surface area contributed by atoms with Crippen LogP contribution >= 0.6 is 11.6 Å². The van der Waals surface area contributed by atoms with Gasteiger partial charge in [0.05, 0.1) is 38.9 Å². The van der Waals surface area contributed by atoms with Gasteiger partial charge in [-0.2, -0.15) is 0 Å². The van der Waals surface area contributed by atoms with Gasteiger partial charge in [-0.25, -0.2) is 4.79 Å². The van der Waals surface area contributed by atoms with E-state index in [1.54, 1.807) is 18.2 Å². The normalized spacial score (nSPS) is 20.1. The summed E-state index contributed by atoms with van der Waals surface area (Å²) in [4.78, 5) is 29.0. The minimum absolute atomic E-state index is 0.109. The topological polar surface area (TPSA) is 75.6 Å². The fourth-order valence-electron chi connectivity index (χ4n) is 3.67. The van der Waals surface area contributed by atoms with Crippen LogP contribution in [0.3, 0.4) is 0 Å². The number of benzene rings is 1. The molecule has 0 radical (unpaired) electrons. The smallest absolute Gasteiger partial charge is 0.356 e. The first kappa shape index (κ1) is 18.7. The number of nitrogens with one attached hydrogen (secondary N) is 3. The first-order chi connectivity index (χ1) is 12.5. The Bertz CT molecular complexity index is 818. The van der Waals surface area contributed by atoms with E-state index < -0.39 is 5.97 Å². The molecule has 2 heterocycles. The SMILES string of the molecule is COC(=O)c1[nH]c2ccc(Cl)cc2c1NC(=O)CC[NH+]1CCC[C@@H](C)C1. The molecule has 7 heteroatoms. The minimum Gasteiger partial charge on any atom is -0.464 e. The summed E-state index contributed by atoms with van der Waals surface area (Å²) in [5.74, 6) is 0.0772. The lowest BCUT2D eigenvalue weighted by molar-refractivity contribution is -0.907. The second-order valence-electron chi connectivity index (χ2n) is 7.06. The molecule has 0 aliphatic carbocycles. The number of carbonyl (C=O) groups is 2. The van der Waals surface area contributed by atoms with Gasteiger partial charge in [0.1, 0.15) is 5.69 Å². The molecule has 1 aliphatic rings. The molecule has 26 heavy (non-hydrogen) atoms. The Kier molecular flexibility index (Phi) is 5.84. The number of ether oxygens (including phenoxy) is 1. The molecule has 1 saturated heterocycles. The second kappa shape index (κ2) is 8.10. The molecule has 0 saturated carbocycles. The third-order valence-electron chi connectivity index (χ3n) is 4.98. The molecule has 1 aliphatic heterocycles. The van der Waals surface area contributed by atoms with E-state index in [4.69, 9.17) is 16.3 Å². The Hall–Kier alpha value is -2.05. The van der Waals surface area contributed by atoms with E-state index in [9.17, 15) is 9.59 Å². The first-order valence-corrected chi connectivity index (χ1v) is 9.38. The Labute approximate surface area is 157 Å². The monoisotopic (exact) mass is 378 g/mol. The van der Waals surface area contributed by atoms with Crippen LogP contribution in [0.2, 0.25) is 5.02 Å². The van der Waals surface area contributed by atoms with Crippen LogP contribution in [0, 0.1) is 5.92 Å². The third kappa shape index (κ3) is 4.19. The predicted octanol–water partition coefficient (Wildman–Crippen LogP) is 2.25. The number of hydrogen-bond acceptors (Lipinski definition) is 3. The number of likely N-dealkylation sites (tertiary alicyclic amines) is 1. The van der Waals surface area contributed by atoms with E-state index in [1.165, 1.54) is 24.9 Å². The zero-order valence-electron chi connectivity index (χ0n) is 15.2. The lowest BCUT2D eigenvalue weighted by atomic mass is 10.0. The van der Waals surface area contributed by atoms with Crippen molar-refractivity contribution in [1.82, 2.24) is 4.98 Å². The molecule has 3 N–H and O–H groups in total. The van der Waals surface area contributed by atoms with Crippen LogP contribution in [0.1, 0.15) is 36.7 Å². The molecule has 6 nitrogen and oxygen atoms in total. The molecule has 2 aromatic rings. The van der Waals surface area contributed by atoms with Gasteiger partial charge in [-0.1, -0.05) is 18.5 Å². The molecule has 1 aromatic heterocycles. The summed E-state index contributed by atoms with van der Waals surface area (Å²) in [5.41, 5.74) is 1.39. The number of hydrogen-bond donors (Lipinski definition) is 3. The number of aromatic nitrogens is 1. The summed E-state index contributed by atoms with van der Waals surface area (Å²) in [6, 6.07) is 5.24. The molecule has 1 aromatic carbocycles. The second-order valence-corrected chi connectivity index (χ2v) is 7.49. The van der Waals surface area contributed by atoms with Gasteiger partial charge in [-0.3, -0.25) is 4.79 Å². The van der Waals surface area contributed by atoms with Crippen molar-refractivity contribution in [2.75, 3.05) is 32.1 Å². The van der Waals surface area contributed by atoms with Crippen molar-refractivity contribution in [1.29, 1.82) is 0 Å². The van der Waals surface area contributed by atoms with E-state index in [2.05, 4.69) is 17.2 Å². The lowest BCUT2D eigenvalue weighted by Gasteiger charge is -2.27. The maximum absolute atomic E-state index is 12.5. The molecule has 0 spiro atoms. The Morgan fingerprint density at radius 1 is 1.42 bits per heavy atom. The van der Waals surface area contributed by atoms with Gasteiger partial charge in [0.25, 0.3) is 0 Å². The van der Waals surface area contributed by atoms with Crippen molar-refractivity contribution in [3.8, 4) is 0 Å². The van der Waals surface area contributed by atoms with Crippen LogP contribution in [0.5, 0.6) is 0 Å². The molecule has 1 amide bonds. The fraction of sp³-hybridized carbons (Fsp3) is 0.474. The molecule has 3 rings (SSSR count). The van der Waals surface area contributed by atoms with E-state index in [-0.39, 0.29) is 11.6 Å². The number of amides is 1.